The van der Waals surface area contributed by atoms with Crippen LogP contribution in [0.25, 0.3) is 0 Å². The second-order valence-corrected chi connectivity index (χ2v) is 6.44. The minimum atomic E-state index is -0.840. The zero-order valence-corrected chi connectivity index (χ0v) is 12.4. The van der Waals surface area contributed by atoms with Gasteiger partial charge in [0.1, 0.15) is 0 Å². The van der Waals surface area contributed by atoms with Gasteiger partial charge in [0.25, 0.3) is 0 Å². The average molecular weight is 279 g/mol. The van der Waals surface area contributed by atoms with Crippen molar-refractivity contribution in [2.45, 2.75) is 52.0 Å². The summed E-state index contributed by atoms with van der Waals surface area (Å²) in [5, 5.41) is 9.31. The first-order chi connectivity index (χ1) is 9.50. The molecule has 1 amide bonds. The van der Waals surface area contributed by atoms with Crippen LogP contribution in [0, 0.1) is 17.8 Å². The van der Waals surface area contributed by atoms with Crippen molar-refractivity contribution in [3.8, 4) is 0 Å². The topological polar surface area (TPSA) is 57.6 Å². The molecular formula is C16H25NO3. The number of rotatable bonds is 6. The quantitative estimate of drug-likeness (QED) is 0.760. The van der Waals surface area contributed by atoms with Crippen LogP contribution in [-0.4, -0.2) is 34.5 Å². The molecule has 0 heterocycles. The molecule has 20 heavy (non-hydrogen) atoms. The Bertz CT molecular complexity index is 399. The van der Waals surface area contributed by atoms with Gasteiger partial charge in [0, 0.05) is 12.6 Å². The van der Waals surface area contributed by atoms with Crippen LogP contribution in [0.1, 0.15) is 46.0 Å². The lowest BCUT2D eigenvalue weighted by atomic mass is 9.82. The molecule has 112 valence electrons. The molecule has 0 bridgehead atoms. The Labute approximate surface area is 120 Å². The summed E-state index contributed by atoms with van der Waals surface area (Å²) < 4.78 is 0. The van der Waals surface area contributed by atoms with Crippen molar-refractivity contribution in [3.63, 3.8) is 0 Å². The number of carbonyl (C=O) groups is 2. The lowest BCUT2D eigenvalue weighted by Crippen LogP contribution is -2.43. The van der Waals surface area contributed by atoms with E-state index in [1.54, 1.807) is 0 Å². The van der Waals surface area contributed by atoms with Crippen molar-refractivity contribution in [1.82, 2.24) is 4.90 Å². The number of allylic oxidation sites excluding steroid dienone is 2. The molecule has 0 aliphatic heterocycles. The molecule has 2 aliphatic carbocycles. The number of carboxylic acids is 1. The van der Waals surface area contributed by atoms with Crippen LogP contribution in [0.15, 0.2) is 12.2 Å². The Balaban J connectivity index is 2.05. The Kier molecular flexibility index (Phi) is 4.84. The SMILES string of the molecule is CC(C)CCN(C(=O)C1CC=CCC1C(=O)O)C1CC1. The van der Waals surface area contributed by atoms with Crippen LogP contribution in [0.4, 0.5) is 0 Å². The number of hydrogen-bond acceptors (Lipinski definition) is 2. The second kappa shape index (κ2) is 6.42. The lowest BCUT2D eigenvalue weighted by molar-refractivity contribution is -0.151. The molecule has 0 aromatic carbocycles. The number of nitrogens with zero attached hydrogens (tertiary/aromatic N) is 1. The molecule has 4 nitrogen and oxygen atoms in total. The van der Waals surface area contributed by atoms with Crippen LogP contribution >= 0.6 is 0 Å². The highest BCUT2D eigenvalue weighted by atomic mass is 16.4. The maximum Gasteiger partial charge on any atom is 0.307 e. The fourth-order valence-electron chi connectivity index (χ4n) is 2.83. The van der Waals surface area contributed by atoms with E-state index in [0.717, 1.165) is 25.8 Å². The van der Waals surface area contributed by atoms with Gasteiger partial charge in [-0.25, -0.2) is 0 Å². The lowest BCUT2D eigenvalue weighted by Gasteiger charge is -2.31. The first kappa shape index (κ1) is 15.1. The summed E-state index contributed by atoms with van der Waals surface area (Å²) in [6.45, 7) is 5.08. The maximum absolute atomic E-state index is 12.7. The number of carboxylic acid groups (broad SMARTS) is 1. The van der Waals surface area contributed by atoms with Gasteiger partial charge in [-0.2, -0.15) is 0 Å². The summed E-state index contributed by atoms with van der Waals surface area (Å²) >= 11 is 0. The van der Waals surface area contributed by atoms with Crippen LogP contribution in [0.5, 0.6) is 0 Å². The van der Waals surface area contributed by atoms with Crippen molar-refractivity contribution in [1.29, 1.82) is 0 Å². The fraction of sp³-hybridized carbons (Fsp3) is 0.750. The van der Waals surface area contributed by atoms with E-state index in [4.69, 9.17) is 0 Å². The van der Waals surface area contributed by atoms with E-state index >= 15 is 0 Å². The second-order valence-electron chi connectivity index (χ2n) is 6.44. The largest absolute Gasteiger partial charge is 0.481 e. The first-order valence-electron chi connectivity index (χ1n) is 7.69. The third kappa shape index (κ3) is 3.62. The Morgan fingerprint density at radius 2 is 1.80 bits per heavy atom. The molecule has 0 aromatic rings. The van der Waals surface area contributed by atoms with Gasteiger partial charge in [0.15, 0.2) is 0 Å². The van der Waals surface area contributed by atoms with Crippen molar-refractivity contribution in [3.05, 3.63) is 12.2 Å². The third-order valence-corrected chi connectivity index (χ3v) is 4.28. The van der Waals surface area contributed by atoms with Gasteiger partial charge in [-0.05, 0) is 38.0 Å². The van der Waals surface area contributed by atoms with Gasteiger partial charge >= 0.3 is 5.97 Å². The van der Waals surface area contributed by atoms with Crippen LogP contribution in [0.2, 0.25) is 0 Å². The summed E-state index contributed by atoms with van der Waals surface area (Å²) in [6, 6.07) is 0.363. The normalized spacial score (nSPS) is 25.8. The van der Waals surface area contributed by atoms with Crippen molar-refractivity contribution in [2.75, 3.05) is 6.54 Å². The molecule has 4 heteroatoms. The molecule has 2 aliphatic rings. The zero-order valence-electron chi connectivity index (χ0n) is 12.4. The highest BCUT2D eigenvalue weighted by molar-refractivity contribution is 5.85. The summed E-state index contributed by atoms with van der Waals surface area (Å²) in [5.74, 6) is -1.14. The maximum atomic E-state index is 12.7. The first-order valence-corrected chi connectivity index (χ1v) is 7.69. The van der Waals surface area contributed by atoms with Gasteiger partial charge in [0.05, 0.1) is 11.8 Å². The Morgan fingerprint density at radius 1 is 1.20 bits per heavy atom. The van der Waals surface area contributed by atoms with E-state index in [2.05, 4.69) is 13.8 Å². The van der Waals surface area contributed by atoms with Gasteiger partial charge in [-0.15, -0.1) is 0 Å². The molecule has 1 fully saturated rings. The Hall–Kier alpha value is -1.32. The highest BCUT2D eigenvalue weighted by Gasteiger charge is 2.40. The van der Waals surface area contributed by atoms with Gasteiger partial charge in [0.2, 0.25) is 5.91 Å². The highest BCUT2D eigenvalue weighted by Crippen LogP contribution is 2.33. The standard InChI is InChI=1S/C16H25NO3/c1-11(2)9-10-17(12-7-8-12)15(18)13-5-3-4-6-14(13)16(19)20/h3-4,11-14H,5-10H2,1-2H3,(H,19,20). The van der Waals surface area contributed by atoms with Crippen LogP contribution < -0.4 is 0 Å². The summed E-state index contributed by atoms with van der Waals surface area (Å²) in [5.41, 5.74) is 0. The van der Waals surface area contributed by atoms with E-state index in [9.17, 15) is 14.7 Å². The minimum Gasteiger partial charge on any atom is -0.481 e. The van der Waals surface area contributed by atoms with E-state index in [-0.39, 0.29) is 11.8 Å². The van der Waals surface area contributed by atoms with Crippen molar-refractivity contribution in [2.24, 2.45) is 17.8 Å². The number of aliphatic carboxylic acids is 1. The van der Waals surface area contributed by atoms with E-state index in [1.165, 1.54) is 0 Å². The molecule has 1 saturated carbocycles. The van der Waals surface area contributed by atoms with E-state index < -0.39 is 11.9 Å². The molecule has 2 unspecified atom stereocenters. The fourth-order valence-corrected chi connectivity index (χ4v) is 2.83. The molecule has 0 aromatic heterocycles. The van der Waals surface area contributed by atoms with E-state index in [0.29, 0.717) is 24.8 Å². The average Bonchev–Trinajstić information content (AvgIpc) is 3.23. The molecule has 0 radical (unpaired) electrons. The number of amides is 1. The van der Waals surface area contributed by atoms with Gasteiger partial charge in [-0.3, -0.25) is 9.59 Å². The monoisotopic (exact) mass is 279 g/mol. The van der Waals surface area contributed by atoms with Gasteiger partial charge < -0.3 is 10.0 Å². The predicted molar refractivity (Wildman–Crippen MR) is 77.2 cm³/mol. The molecule has 2 atom stereocenters. The summed E-state index contributed by atoms with van der Waals surface area (Å²) in [6.07, 6.45) is 8.03. The summed E-state index contributed by atoms with van der Waals surface area (Å²) in [7, 11) is 0. The molecular weight excluding hydrogens is 254 g/mol. The van der Waals surface area contributed by atoms with E-state index in [1.807, 2.05) is 17.1 Å². The van der Waals surface area contributed by atoms with Crippen molar-refractivity contribution >= 4 is 11.9 Å². The van der Waals surface area contributed by atoms with Gasteiger partial charge in [-0.1, -0.05) is 26.0 Å². The summed E-state index contributed by atoms with van der Waals surface area (Å²) in [4.78, 5) is 26.0. The third-order valence-electron chi connectivity index (χ3n) is 4.28. The van der Waals surface area contributed by atoms with Crippen LogP contribution in [0.3, 0.4) is 0 Å². The number of hydrogen-bond donors (Lipinski definition) is 1. The smallest absolute Gasteiger partial charge is 0.307 e. The zero-order chi connectivity index (χ0) is 14.7. The number of carbonyl (C=O) groups excluding carboxylic acids is 1. The molecule has 1 N–H and O–H groups in total. The Morgan fingerprint density at radius 3 is 2.30 bits per heavy atom. The molecule has 0 saturated heterocycles. The predicted octanol–water partition coefficient (Wildman–Crippen LogP) is 2.69. The van der Waals surface area contributed by atoms with Crippen molar-refractivity contribution < 1.29 is 14.7 Å². The molecule has 0 spiro atoms. The minimum absolute atomic E-state index is 0.0601. The van der Waals surface area contributed by atoms with Crippen LogP contribution in [-0.2, 0) is 9.59 Å². The molecule has 2 rings (SSSR count).